The van der Waals surface area contributed by atoms with Crippen molar-refractivity contribution >= 4 is 41.9 Å². The largest absolute Gasteiger partial charge is 0.480 e. The van der Waals surface area contributed by atoms with Crippen molar-refractivity contribution in [1.82, 2.24) is 0 Å². The van der Waals surface area contributed by atoms with Gasteiger partial charge < -0.3 is 10.8 Å². The average molecular weight is 322 g/mol. The lowest BCUT2D eigenvalue weighted by atomic mass is 9.92. The quantitative estimate of drug-likeness (QED) is 0.309. The van der Waals surface area contributed by atoms with Crippen LogP contribution in [-0.2, 0) is 14.4 Å². The Bertz CT molecular complexity index is 642. The van der Waals surface area contributed by atoms with Gasteiger partial charge in [0.25, 0.3) is 0 Å². The summed E-state index contributed by atoms with van der Waals surface area (Å²) in [6.07, 6.45) is 0.314. The van der Waals surface area contributed by atoms with Crippen molar-refractivity contribution in [3.63, 3.8) is 0 Å². The number of amides is 2. The van der Waals surface area contributed by atoms with Gasteiger partial charge in [0.2, 0.25) is 11.8 Å². The predicted octanol–water partition coefficient (Wildman–Crippen LogP) is 0.235. The Morgan fingerprint density at radius 1 is 1.18 bits per heavy atom. The molecule has 116 valence electrons. The standard InChI is InChI=1S/C14H14N2O5S/c15-14(7-22,13(20)21)12(19)8-1-3-9(4-2-8)16-10(17)5-6-11(16)18/h1-4,22H,5-7,15H2,(H,20,21). The number of ketones is 1. The first kappa shape index (κ1) is 16.2. The first-order valence-corrected chi connectivity index (χ1v) is 7.08. The Hall–Kier alpha value is -2.19. The molecule has 1 aromatic carbocycles. The van der Waals surface area contributed by atoms with Crippen molar-refractivity contribution in [2.45, 2.75) is 18.4 Å². The SMILES string of the molecule is NC(CS)(C(=O)O)C(=O)c1ccc(N2C(=O)CCC2=O)cc1. The van der Waals surface area contributed by atoms with Gasteiger partial charge in [0.15, 0.2) is 11.3 Å². The Balaban J connectivity index is 2.29. The molecule has 1 unspecified atom stereocenters. The second-order valence-electron chi connectivity index (χ2n) is 4.93. The molecule has 7 nitrogen and oxygen atoms in total. The smallest absolute Gasteiger partial charge is 0.332 e. The molecule has 1 atom stereocenters. The molecule has 22 heavy (non-hydrogen) atoms. The number of carboxylic acid groups (broad SMARTS) is 1. The van der Waals surface area contributed by atoms with Crippen LogP contribution in [-0.4, -0.2) is 40.0 Å². The van der Waals surface area contributed by atoms with Crippen LogP contribution in [0.25, 0.3) is 0 Å². The molecule has 1 aliphatic rings. The third kappa shape index (κ3) is 2.62. The molecule has 0 radical (unpaired) electrons. The molecule has 1 aliphatic heterocycles. The molecule has 0 aromatic heterocycles. The van der Waals surface area contributed by atoms with E-state index in [4.69, 9.17) is 10.8 Å². The number of hydrogen-bond acceptors (Lipinski definition) is 6. The van der Waals surface area contributed by atoms with Crippen LogP contribution >= 0.6 is 12.6 Å². The molecule has 1 heterocycles. The predicted molar refractivity (Wildman–Crippen MR) is 80.9 cm³/mol. The minimum absolute atomic E-state index is 0.0711. The molecular formula is C14H14N2O5S. The summed E-state index contributed by atoms with van der Waals surface area (Å²) in [5.41, 5.74) is 3.87. The molecular weight excluding hydrogens is 308 g/mol. The minimum atomic E-state index is -2.12. The van der Waals surface area contributed by atoms with E-state index in [-0.39, 0.29) is 36.0 Å². The molecule has 1 fully saturated rings. The number of anilines is 1. The molecule has 0 bridgehead atoms. The Labute approximate surface area is 131 Å². The summed E-state index contributed by atoms with van der Waals surface area (Å²) in [4.78, 5) is 47.6. The maximum Gasteiger partial charge on any atom is 0.332 e. The van der Waals surface area contributed by atoms with E-state index in [9.17, 15) is 19.2 Å². The fourth-order valence-electron chi connectivity index (χ4n) is 2.12. The number of rotatable bonds is 5. The van der Waals surface area contributed by atoms with E-state index >= 15 is 0 Å². The molecule has 1 saturated heterocycles. The van der Waals surface area contributed by atoms with Gasteiger partial charge in [0.05, 0.1) is 5.69 Å². The summed E-state index contributed by atoms with van der Waals surface area (Å²) in [7, 11) is 0. The van der Waals surface area contributed by atoms with Gasteiger partial charge in [-0.3, -0.25) is 19.3 Å². The van der Waals surface area contributed by atoms with Crippen molar-refractivity contribution in [2.75, 3.05) is 10.7 Å². The number of nitrogens with zero attached hydrogens (tertiary/aromatic N) is 1. The number of hydrogen-bond donors (Lipinski definition) is 3. The molecule has 0 aliphatic carbocycles. The number of thiol groups is 1. The van der Waals surface area contributed by atoms with E-state index in [0.717, 1.165) is 4.90 Å². The number of carbonyl (C=O) groups excluding carboxylic acids is 3. The van der Waals surface area contributed by atoms with Gasteiger partial charge in [-0.05, 0) is 24.3 Å². The van der Waals surface area contributed by atoms with Crippen LogP contribution in [0.1, 0.15) is 23.2 Å². The Morgan fingerprint density at radius 2 is 1.68 bits per heavy atom. The van der Waals surface area contributed by atoms with Crippen molar-refractivity contribution in [2.24, 2.45) is 5.73 Å². The van der Waals surface area contributed by atoms with Crippen LogP contribution < -0.4 is 10.6 Å². The summed E-state index contributed by atoms with van der Waals surface area (Å²) in [5.74, 6) is -3.23. The first-order chi connectivity index (χ1) is 10.3. The van der Waals surface area contributed by atoms with Crippen LogP contribution in [0.15, 0.2) is 24.3 Å². The number of carboxylic acids is 1. The molecule has 8 heteroatoms. The second kappa shape index (κ2) is 5.90. The second-order valence-corrected chi connectivity index (χ2v) is 5.25. The monoisotopic (exact) mass is 322 g/mol. The number of nitrogens with two attached hydrogens (primary N) is 1. The third-order valence-electron chi connectivity index (χ3n) is 3.48. The van der Waals surface area contributed by atoms with Crippen molar-refractivity contribution in [3.8, 4) is 0 Å². The summed E-state index contributed by atoms with van der Waals surface area (Å²) in [6.45, 7) is 0. The van der Waals surface area contributed by atoms with Gasteiger partial charge in [-0.1, -0.05) is 0 Å². The van der Waals surface area contributed by atoms with Crippen LogP contribution in [0.5, 0.6) is 0 Å². The summed E-state index contributed by atoms with van der Waals surface area (Å²) in [5, 5.41) is 9.07. The van der Waals surface area contributed by atoms with Crippen LogP contribution in [0.2, 0.25) is 0 Å². The third-order valence-corrected chi connectivity index (χ3v) is 3.97. The van der Waals surface area contributed by atoms with E-state index in [0.29, 0.717) is 5.69 Å². The van der Waals surface area contributed by atoms with Crippen LogP contribution in [0, 0.1) is 0 Å². The zero-order valence-electron chi connectivity index (χ0n) is 11.5. The highest BCUT2D eigenvalue weighted by Crippen LogP contribution is 2.24. The van der Waals surface area contributed by atoms with E-state index in [1.165, 1.54) is 24.3 Å². The van der Waals surface area contributed by atoms with Crippen molar-refractivity contribution in [1.29, 1.82) is 0 Å². The molecule has 2 amide bonds. The summed E-state index contributed by atoms with van der Waals surface area (Å²) >= 11 is 3.82. The van der Waals surface area contributed by atoms with Crippen molar-refractivity contribution < 1.29 is 24.3 Å². The summed E-state index contributed by atoms with van der Waals surface area (Å²) < 4.78 is 0. The zero-order valence-corrected chi connectivity index (χ0v) is 12.4. The van der Waals surface area contributed by atoms with E-state index in [1.54, 1.807) is 0 Å². The fourth-order valence-corrected chi connectivity index (χ4v) is 2.40. The number of Topliss-reactive ketones (excluding diaryl/α,β-unsaturated/α-hetero) is 1. The molecule has 2 rings (SSSR count). The topological polar surface area (TPSA) is 118 Å². The molecule has 3 N–H and O–H groups in total. The summed E-state index contributed by atoms with van der Waals surface area (Å²) in [6, 6.07) is 5.50. The molecule has 1 aromatic rings. The number of aliphatic carboxylic acids is 1. The van der Waals surface area contributed by atoms with Crippen LogP contribution in [0.3, 0.4) is 0 Å². The number of imide groups is 1. The maximum absolute atomic E-state index is 12.2. The Morgan fingerprint density at radius 3 is 2.09 bits per heavy atom. The highest BCUT2D eigenvalue weighted by molar-refractivity contribution is 7.80. The highest BCUT2D eigenvalue weighted by Gasteiger charge is 2.41. The van der Waals surface area contributed by atoms with Gasteiger partial charge in [0.1, 0.15) is 0 Å². The van der Waals surface area contributed by atoms with E-state index < -0.39 is 17.3 Å². The normalized spacial score (nSPS) is 17.5. The zero-order chi connectivity index (χ0) is 16.5. The van der Waals surface area contributed by atoms with Crippen molar-refractivity contribution in [3.05, 3.63) is 29.8 Å². The van der Waals surface area contributed by atoms with Gasteiger partial charge in [0, 0.05) is 24.2 Å². The number of benzene rings is 1. The Kier molecular flexibility index (Phi) is 4.34. The fraction of sp³-hybridized carbons (Fsp3) is 0.286. The minimum Gasteiger partial charge on any atom is -0.480 e. The van der Waals surface area contributed by atoms with E-state index in [2.05, 4.69) is 12.6 Å². The van der Waals surface area contributed by atoms with Gasteiger partial charge in [-0.25, -0.2) is 4.79 Å². The lowest BCUT2D eigenvalue weighted by Gasteiger charge is -2.21. The average Bonchev–Trinajstić information content (AvgIpc) is 2.84. The lowest BCUT2D eigenvalue weighted by molar-refractivity contribution is -0.140. The van der Waals surface area contributed by atoms with Gasteiger partial charge >= 0.3 is 5.97 Å². The first-order valence-electron chi connectivity index (χ1n) is 6.45. The van der Waals surface area contributed by atoms with Gasteiger partial charge in [-0.2, -0.15) is 12.6 Å². The van der Waals surface area contributed by atoms with Crippen LogP contribution in [0.4, 0.5) is 5.69 Å². The lowest BCUT2D eigenvalue weighted by Crippen LogP contribution is -2.56. The molecule has 0 saturated carbocycles. The maximum atomic E-state index is 12.2. The van der Waals surface area contributed by atoms with E-state index in [1.807, 2.05) is 0 Å². The van der Waals surface area contributed by atoms with Gasteiger partial charge in [-0.15, -0.1) is 0 Å². The highest BCUT2D eigenvalue weighted by atomic mass is 32.1. The molecule has 0 spiro atoms. The number of carbonyl (C=O) groups is 4.